The number of nitrogens with zero attached hydrogens (tertiary/aromatic N) is 25. The molecule has 50 heteroatoms. The molecule has 5 amide bonds. The maximum atomic E-state index is 12.9. The van der Waals surface area contributed by atoms with E-state index in [9.17, 15) is 24.0 Å². The largest absolute Gasteiger partial charge is 0.494 e. The van der Waals surface area contributed by atoms with Gasteiger partial charge in [0.1, 0.15) is 117 Å². The molecule has 2 unspecified atom stereocenters. The van der Waals surface area contributed by atoms with Gasteiger partial charge in [0.2, 0.25) is 29.4 Å². The number of nitrogen functional groups attached to an aromatic ring is 5. The second-order valence-corrected chi connectivity index (χ2v) is 33.6. The lowest BCUT2D eigenvalue weighted by Gasteiger charge is -2.30. The summed E-state index contributed by atoms with van der Waals surface area (Å²) in [6, 6.07) is 16.8. The average Bonchev–Trinajstić information content (AvgIpc) is 1.65. The van der Waals surface area contributed by atoms with Gasteiger partial charge in [0.25, 0.3) is 29.5 Å². The van der Waals surface area contributed by atoms with E-state index in [0.717, 1.165) is 111 Å². The van der Waals surface area contributed by atoms with Gasteiger partial charge in [0, 0.05) is 168 Å². The third-order valence-corrected chi connectivity index (χ3v) is 23.7. The van der Waals surface area contributed by atoms with Crippen LogP contribution in [0.4, 0.5) is 57.5 Å². The van der Waals surface area contributed by atoms with Crippen molar-refractivity contribution in [2.24, 2.45) is 0 Å². The van der Waals surface area contributed by atoms with Gasteiger partial charge in [-0.2, -0.15) is 24.9 Å². The molecule has 2 atom stereocenters. The summed E-state index contributed by atoms with van der Waals surface area (Å²) in [6.45, 7) is 12.9. The monoisotopic (exact) mass is 1960 g/mol. The standard InChI is InChI=1S/3C19H23N7O3.2C18H21N7O3/c1-25-8-4-12(5-9-25)29-15-6-10-26-18(23-15)16(17(20)24-26)19(27)22-13-11-21-7-3-14(13)28-2;1-25-8-3-4-12(11-25)29-15-6-9-26-18(23-15)16(17(20)24-26)19(27)22-13-10-21-7-5-14(13)28-2;1-28-14-4-6-21-12-13(14)22-19(27)16-17(20)24-26-9-5-15(23-18(16)26)29-11-10-25-7-2-3-8-25;1-24-7-4-11(10-24)28-14-5-8-25-17(22-14)15(16(19)23-25)18(26)21-12-9-20-6-3-13(12)27-2;1-27-13-3-5-20-11-12(13)21-18(26)15-16(19)23-25-8-4-14(22-17(15)25)28-10-9-24-6-2-7-24/h3,6-7,10-12H,4-5,8-9H2,1-2H3,(H2,20,24)(H,22,27);5-7,9-10,12H,3-4,8,11H2,1-2H3,(H2,20,24)(H,22,27);4-6,9,12H,2-3,7-8,10-11H2,1H3,(H2,20,24)(H,22,27);3,5-6,8-9,11H,4,7,10H2,1-2H3,(H2,19,23)(H,21,26);3-5,8,11H,2,6-7,9-10H2,1H3,(H2,19,23)(H,21,26). The normalized spacial score (nSPS) is 15.6. The Morgan fingerprint density at radius 1 is 0.315 bits per heavy atom. The second kappa shape index (κ2) is 46.2. The number of aromatic nitrogens is 20. The Kier molecular flexibility index (Phi) is 32.0. The highest BCUT2D eigenvalue weighted by molar-refractivity contribution is 6.15. The van der Waals surface area contributed by atoms with E-state index in [1.165, 1.54) is 108 Å². The van der Waals surface area contributed by atoms with Crippen LogP contribution < -0.4 is 103 Å². The molecule has 0 radical (unpaired) electrons. The van der Waals surface area contributed by atoms with Crippen molar-refractivity contribution in [3.63, 3.8) is 0 Å². The molecule has 0 aromatic carbocycles. The Morgan fingerprint density at radius 3 is 0.853 bits per heavy atom. The number of hydrogen-bond donors (Lipinski definition) is 10. The van der Waals surface area contributed by atoms with Crippen LogP contribution in [-0.4, -0.2) is 319 Å². The van der Waals surface area contributed by atoms with Crippen molar-refractivity contribution in [3.05, 3.63) is 181 Å². The molecule has 5 saturated heterocycles. The van der Waals surface area contributed by atoms with Gasteiger partial charge in [-0.1, -0.05) is 0 Å². The summed E-state index contributed by atoms with van der Waals surface area (Å²) in [5.74, 6) is 2.70. The summed E-state index contributed by atoms with van der Waals surface area (Å²) in [6.07, 6.45) is 32.5. The van der Waals surface area contributed by atoms with E-state index >= 15 is 0 Å². The van der Waals surface area contributed by atoms with E-state index in [1.54, 1.807) is 123 Å². The molecule has 748 valence electrons. The number of ether oxygens (including phenoxy) is 10. The molecule has 5 aliphatic rings. The Hall–Kier alpha value is -17.0. The summed E-state index contributed by atoms with van der Waals surface area (Å²) >= 11 is 0. The number of nitrogens with one attached hydrogen (secondary N) is 5. The highest BCUT2D eigenvalue weighted by Gasteiger charge is 2.31. The molecule has 15 aromatic rings. The number of methoxy groups -OCH3 is 5. The van der Waals surface area contributed by atoms with E-state index < -0.39 is 29.5 Å². The molecule has 5 aliphatic heterocycles. The number of rotatable bonds is 29. The topological polar surface area (TPSA) is 599 Å². The number of amides is 5. The molecule has 0 spiro atoms. The molecule has 0 saturated carbocycles. The first kappa shape index (κ1) is 99.0. The fourth-order valence-electron chi connectivity index (χ4n) is 16.3. The van der Waals surface area contributed by atoms with Gasteiger partial charge < -0.3 is 117 Å². The third-order valence-electron chi connectivity index (χ3n) is 23.7. The first-order chi connectivity index (χ1) is 69.4. The minimum Gasteiger partial charge on any atom is -0.494 e. The third kappa shape index (κ3) is 24.3. The van der Waals surface area contributed by atoms with E-state index in [2.05, 4.69) is 141 Å². The van der Waals surface area contributed by atoms with E-state index in [0.29, 0.717) is 128 Å². The van der Waals surface area contributed by atoms with Gasteiger partial charge in [0.15, 0.2) is 57.3 Å². The predicted octanol–water partition coefficient (Wildman–Crippen LogP) is 6.43. The van der Waals surface area contributed by atoms with Crippen LogP contribution in [0.2, 0.25) is 0 Å². The number of piperidine rings is 2. The van der Waals surface area contributed by atoms with Gasteiger partial charge in [-0.25, -0.2) is 22.6 Å². The second-order valence-electron chi connectivity index (χ2n) is 33.6. The fourth-order valence-corrected chi connectivity index (χ4v) is 16.3. The van der Waals surface area contributed by atoms with Crippen LogP contribution in [-0.2, 0) is 0 Å². The zero-order valence-corrected chi connectivity index (χ0v) is 79.9. The zero-order valence-electron chi connectivity index (χ0n) is 79.9. The van der Waals surface area contributed by atoms with Crippen molar-refractivity contribution in [3.8, 4) is 58.1 Å². The number of likely N-dealkylation sites (N-methyl/N-ethyl adjacent to an activating group) is 2. The predicted molar refractivity (Wildman–Crippen MR) is 527 cm³/mol. The quantitative estimate of drug-likeness (QED) is 0.0241. The van der Waals surface area contributed by atoms with Crippen LogP contribution in [0.15, 0.2) is 154 Å². The van der Waals surface area contributed by atoms with Crippen LogP contribution in [0.5, 0.6) is 58.1 Å². The van der Waals surface area contributed by atoms with Crippen LogP contribution in [0.25, 0.3) is 28.2 Å². The zero-order chi connectivity index (χ0) is 100. The highest BCUT2D eigenvalue weighted by atomic mass is 16.5. The van der Waals surface area contributed by atoms with E-state index in [1.807, 2.05) is 7.05 Å². The average molecular weight is 1960 g/mol. The number of carbonyl (C=O) groups is 5. The smallest absolute Gasteiger partial charge is 0.263 e. The maximum Gasteiger partial charge on any atom is 0.263 e. The first-order valence-corrected chi connectivity index (χ1v) is 45.9. The molecular formula is C93H111N35O15. The lowest BCUT2D eigenvalue weighted by Crippen LogP contribution is -2.39. The SMILES string of the molecule is COc1ccncc1NC(=O)c1c(N)nn2ccc(OC3CCCN(C)C3)nc12.COc1ccncc1NC(=O)c1c(N)nn2ccc(OC3CCN(C)C3)nc12.COc1ccncc1NC(=O)c1c(N)nn2ccc(OC3CCN(C)CC3)nc12.COc1ccncc1NC(=O)c1c(N)nn2ccc(OCCN3CCC3)nc12.COc1ccncc1NC(=O)c1c(N)nn2ccc(OCCN3CCCC3)nc12. The van der Waals surface area contributed by atoms with Gasteiger partial charge in [-0.05, 0) is 105 Å². The molecular weight excluding hydrogens is 1850 g/mol. The van der Waals surface area contributed by atoms with Gasteiger partial charge in [-0.15, -0.1) is 25.5 Å². The van der Waals surface area contributed by atoms with E-state index in [4.69, 9.17) is 76.0 Å². The Morgan fingerprint density at radius 2 is 0.573 bits per heavy atom. The Balaban J connectivity index is 0.000000128. The van der Waals surface area contributed by atoms with Crippen LogP contribution >= 0.6 is 0 Å². The Labute approximate surface area is 818 Å². The lowest BCUT2D eigenvalue weighted by molar-refractivity contribution is 0.0998. The van der Waals surface area contributed by atoms with Gasteiger partial charge >= 0.3 is 0 Å². The molecule has 0 aliphatic carbocycles. The molecule has 50 nitrogen and oxygen atoms in total. The molecule has 0 bridgehead atoms. The number of hydrogen-bond acceptors (Lipinski definition) is 40. The number of carbonyl (C=O) groups excluding carboxylic acids is 5. The van der Waals surface area contributed by atoms with Gasteiger partial charge in [0.05, 0.1) is 66.5 Å². The van der Waals surface area contributed by atoms with Crippen molar-refractivity contribution in [2.45, 2.75) is 69.7 Å². The minimum absolute atomic E-state index is 0.0564. The maximum absolute atomic E-state index is 12.9. The van der Waals surface area contributed by atoms with Crippen LogP contribution in [0.3, 0.4) is 0 Å². The van der Waals surface area contributed by atoms with Crippen molar-refractivity contribution in [1.82, 2.24) is 122 Å². The minimum atomic E-state index is -0.455. The molecule has 5 fully saturated rings. The summed E-state index contributed by atoms with van der Waals surface area (Å²) in [5.41, 5.74) is 34.5. The summed E-state index contributed by atoms with van der Waals surface area (Å²) in [4.78, 5) is 118. The van der Waals surface area contributed by atoms with Crippen molar-refractivity contribution >= 4 is 115 Å². The number of fused-ring (bicyclic) bond motifs is 5. The number of pyridine rings is 5. The molecule has 20 rings (SSSR count). The molecule has 143 heavy (non-hydrogen) atoms. The first-order valence-electron chi connectivity index (χ1n) is 45.9. The number of nitrogens with two attached hydrogens (primary N) is 5. The van der Waals surface area contributed by atoms with Crippen LogP contribution in [0, 0.1) is 0 Å². The summed E-state index contributed by atoms with van der Waals surface area (Å²) in [5, 5.41) is 34.6. The molecule has 15 N–H and O–H groups in total. The lowest BCUT2D eigenvalue weighted by atomic mass is 10.1. The fraction of sp³-hybridized carbons (Fsp3) is 0.355. The summed E-state index contributed by atoms with van der Waals surface area (Å²) in [7, 11) is 13.8. The molecule has 20 heterocycles. The van der Waals surface area contributed by atoms with Crippen molar-refractivity contribution in [2.75, 3.05) is 204 Å². The Bertz CT molecular complexity index is 7000. The van der Waals surface area contributed by atoms with E-state index in [-0.39, 0.29) is 75.2 Å². The molecule has 15 aromatic heterocycles. The van der Waals surface area contributed by atoms with Crippen molar-refractivity contribution in [1.29, 1.82) is 0 Å². The van der Waals surface area contributed by atoms with Crippen molar-refractivity contribution < 1.29 is 71.3 Å². The van der Waals surface area contributed by atoms with Gasteiger partial charge in [-0.3, -0.25) is 58.7 Å². The number of likely N-dealkylation sites (tertiary alicyclic amines) is 5. The number of anilines is 10. The van der Waals surface area contributed by atoms with Crippen LogP contribution in [0.1, 0.15) is 103 Å². The summed E-state index contributed by atoms with van der Waals surface area (Å²) < 4.78 is 63.0. The highest BCUT2D eigenvalue weighted by Crippen LogP contribution is 2.34.